The van der Waals surface area contributed by atoms with Crippen molar-refractivity contribution in [1.29, 1.82) is 0 Å². The highest BCUT2D eigenvalue weighted by molar-refractivity contribution is 8.00. The fourth-order valence-electron chi connectivity index (χ4n) is 2.05. The molecule has 1 fully saturated rings. The molecule has 1 saturated heterocycles. The van der Waals surface area contributed by atoms with Gasteiger partial charge >= 0.3 is 12.0 Å². The molecule has 0 aromatic rings. The molecule has 0 saturated carbocycles. The number of nitrogens with one attached hydrogen (secondary N) is 1. The van der Waals surface area contributed by atoms with Crippen LogP contribution in [0.1, 0.15) is 20.3 Å². The first-order valence-corrected chi connectivity index (χ1v) is 9.79. The van der Waals surface area contributed by atoms with Crippen LogP contribution in [-0.2, 0) is 14.6 Å². The lowest BCUT2D eigenvalue weighted by atomic mass is 10.0. The summed E-state index contributed by atoms with van der Waals surface area (Å²) in [5.74, 6) is -0.0360. The van der Waals surface area contributed by atoms with Crippen LogP contribution >= 0.6 is 11.8 Å². The van der Waals surface area contributed by atoms with Crippen LogP contribution in [-0.4, -0.2) is 66.1 Å². The minimum absolute atomic E-state index is 0.0547. The lowest BCUT2D eigenvalue weighted by Gasteiger charge is -2.35. The zero-order valence-corrected chi connectivity index (χ0v) is 14.0. The Bertz CT molecular complexity index is 492. The largest absolute Gasteiger partial charge is 0.481 e. The van der Waals surface area contributed by atoms with Crippen molar-refractivity contribution in [2.45, 2.75) is 31.7 Å². The van der Waals surface area contributed by atoms with Crippen LogP contribution < -0.4 is 5.32 Å². The number of carboxylic acids is 1. The molecule has 2 unspecified atom stereocenters. The normalized spacial score (nSPS) is 21.1. The van der Waals surface area contributed by atoms with Crippen molar-refractivity contribution >= 4 is 33.6 Å². The number of aliphatic carboxylic acids is 1. The maximum atomic E-state index is 12.3. The number of amides is 2. The maximum absolute atomic E-state index is 12.3. The number of carboxylic acid groups (broad SMARTS) is 1. The van der Waals surface area contributed by atoms with E-state index in [2.05, 4.69) is 5.32 Å². The van der Waals surface area contributed by atoms with E-state index in [9.17, 15) is 18.0 Å². The Morgan fingerprint density at radius 2 is 2.05 bits per heavy atom. The van der Waals surface area contributed by atoms with Gasteiger partial charge in [0.15, 0.2) is 9.84 Å². The first-order valence-electron chi connectivity index (χ1n) is 6.68. The molecular weight excluding hydrogens is 316 g/mol. The fourth-order valence-corrected chi connectivity index (χ4v) is 4.87. The van der Waals surface area contributed by atoms with Crippen LogP contribution in [0.3, 0.4) is 0 Å². The van der Waals surface area contributed by atoms with Gasteiger partial charge in [-0.3, -0.25) is 4.79 Å². The summed E-state index contributed by atoms with van der Waals surface area (Å²) < 4.78 is 23.5. The second-order valence-corrected chi connectivity index (χ2v) is 8.80. The van der Waals surface area contributed by atoms with Gasteiger partial charge in [0.25, 0.3) is 0 Å². The number of hydrogen-bond acceptors (Lipinski definition) is 5. The number of carbonyl (C=O) groups excluding carboxylic acids is 1. The highest BCUT2D eigenvalue weighted by Gasteiger charge is 2.35. The number of nitrogens with zero attached hydrogens (tertiary/aromatic N) is 1. The van der Waals surface area contributed by atoms with Gasteiger partial charge in [-0.2, -0.15) is 11.8 Å². The third kappa shape index (κ3) is 5.39. The summed E-state index contributed by atoms with van der Waals surface area (Å²) >= 11 is 1.49. The lowest BCUT2D eigenvalue weighted by Crippen LogP contribution is -2.56. The first-order chi connectivity index (χ1) is 9.62. The molecule has 122 valence electrons. The second kappa shape index (κ2) is 7.35. The smallest absolute Gasteiger partial charge is 0.318 e. The molecule has 2 amide bonds. The molecule has 0 aliphatic carbocycles. The predicted octanol–water partition coefficient (Wildman–Crippen LogP) is 0.615. The van der Waals surface area contributed by atoms with Gasteiger partial charge in [0.2, 0.25) is 0 Å². The quantitative estimate of drug-likeness (QED) is 0.761. The molecule has 1 aliphatic heterocycles. The zero-order chi connectivity index (χ0) is 16.2. The highest BCUT2D eigenvalue weighted by Crippen LogP contribution is 2.21. The topological polar surface area (TPSA) is 104 Å². The summed E-state index contributed by atoms with van der Waals surface area (Å²) in [5, 5.41) is 10.7. The average Bonchev–Trinajstić information content (AvgIpc) is 2.36. The summed E-state index contributed by atoms with van der Waals surface area (Å²) in [6.45, 7) is 3.97. The van der Waals surface area contributed by atoms with E-state index in [1.807, 2.05) is 13.8 Å². The lowest BCUT2D eigenvalue weighted by molar-refractivity contribution is -0.137. The Labute approximate surface area is 129 Å². The van der Waals surface area contributed by atoms with Gasteiger partial charge in [0.05, 0.1) is 6.42 Å². The van der Waals surface area contributed by atoms with Crippen LogP contribution in [0.25, 0.3) is 0 Å². The van der Waals surface area contributed by atoms with Crippen molar-refractivity contribution in [3.05, 3.63) is 0 Å². The van der Waals surface area contributed by atoms with Gasteiger partial charge in [-0.25, -0.2) is 13.2 Å². The van der Waals surface area contributed by atoms with Crippen molar-refractivity contribution < 1.29 is 23.1 Å². The number of urea groups is 1. The average molecular weight is 338 g/mol. The van der Waals surface area contributed by atoms with Crippen molar-refractivity contribution in [2.75, 3.05) is 24.3 Å². The Kier molecular flexibility index (Phi) is 6.33. The van der Waals surface area contributed by atoms with Gasteiger partial charge < -0.3 is 15.3 Å². The van der Waals surface area contributed by atoms with E-state index in [1.165, 1.54) is 16.7 Å². The third-order valence-electron chi connectivity index (χ3n) is 3.35. The SMILES string of the molecule is CC(C)C(CC(=O)O)NC(=O)N1CCSCC1S(C)(=O)=O. The summed E-state index contributed by atoms with van der Waals surface area (Å²) in [6.07, 6.45) is 0.927. The molecule has 0 bridgehead atoms. The van der Waals surface area contributed by atoms with Crippen molar-refractivity contribution in [3.8, 4) is 0 Å². The molecular formula is C12H22N2O5S2. The number of rotatable bonds is 5. The van der Waals surface area contributed by atoms with Crippen LogP contribution in [0.4, 0.5) is 4.79 Å². The minimum Gasteiger partial charge on any atom is -0.481 e. The van der Waals surface area contributed by atoms with E-state index in [-0.39, 0.29) is 12.3 Å². The summed E-state index contributed by atoms with van der Waals surface area (Å²) in [7, 11) is -3.37. The summed E-state index contributed by atoms with van der Waals surface area (Å²) in [4.78, 5) is 24.4. The molecule has 1 heterocycles. The van der Waals surface area contributed by atoms with Gasteiger partial charge in [0, 0.05) is 30.3 Å². The zero-order valence-electron chi connectivity index (χ0n) is 12.4. The van der Waals surface area contributed by atoms with Crippen LogP contribution in [0.2, 0.25) is 0 Å². The molecule has 9 heteroatoms. The fraction of sp³-hybridized carbons (Fsp3) is 0.833. The van der Waals surface area contributed by atoms with Crippen LogP contribution in [0.15, 0.2) is 0 Å². The molecule has 1 aliphatic rings. The highest BCUT2D eigenvalue weighted by atomic mass is 32.2. The third-order valence-corrected chi connectivity index (χ3v) is 5.99. The van der Waals surface area contributed by atoms with Gasteiger partial charge in [-0.1, -0.05) is 13.8 Å². The predicted molar refractivity (Wildman–Crippen MR) is 82.1 cm³/mol. The monoisotopic (exact) mass is 338 g/mol. The molecule has 0 spiro atoms. The molecule has 0 radical (unpaired) electrons. The van der Waals surface area contributed by atoms with E-state index in [1.54, 1.807) is 0 Å². The molecule has 2 N–H and O–H groups in total. The Morgan fingerprint density at radius 1 is 1.43 bits per heavy atom. The molecule has 0 aromatic heterocycles. The van der Waals surface area contributed by atoms with Gasteiger partial charge in [-0.15, -0.1) is 0 Å². The Hall–Kier alpha value is -0.960. The van der Waals surface area contributed by atoms with Gasteiger partial charge in [-0.05, 0) is 5.92 Å². The second-order valence-electron chi connectivity index (χ2n) is 5.45. The Morgan fingerprint density at radius 3 is 2.52 bits per heavy atom. The minimum atomic E-state index is -3.37. The van der Waals surface area contributed by atoms with Gasteiger partial charge in [0.1, 0.15) is 5.37 Å². The molecule has 2 atom stereocenters. The molecule has 21 heavy (non-hydrogen) atoms. The van der Waals surface area contributed by atoms with Crippen LogP contribution in [0.5, 0.6) is 0 Å². The number of thioether (sulfide) groups is 1. The maximum Gasteiger partial charge on any atom is 0.318 e. The standard InChI is InChI=1S/C12H22N2O5S2/c1-8(2)9(6-11(15)16)13-12(17)14-4-5-20-7-10(14)21(3,18)19/h8-10H,4-7H2,1-3H3,(H,13,17)(H,15,16). The van der Waals surface area contributed by atoms with E-state index in [0.717, 1.165) is 6.26 Å². The van der Waals surface area contributed by atoms with E-state index in [4.69, 9.17) is 5.11 Å². The van der Waals surface area contributed by atoms with E-state index < -0.39 is 33.3 Å². The molecule has 0 aromatic carbocycles. The van der Waals surface area contributed by atoms with Crippen molar-refractivity contribution in [3.63, 3.8) is 0 Å². The number of sulfone groups is 1. The van der Waals surface area contributed by atoms with Crippen LogP contribution in [0, 0.1) is 5.92 Å². The van der Waals surface area contributed by atoms with Crippen molar-refractivity contribution in [1.82, 2.24) is 10.2 Å². The Balaban J connectivity index is 2.81. The van der Waals surface area contributed by atoms with E-state index >= 15 is 0 Å². The number of hydrogen-bond donors (Lipinski definition) is 2. The summed E-state index contributed by atoms with van der Waals surface area (Å²) in [6, 6.07) is -1.03. The molecule has 7 nitrogen and oxygen atoms in total. The first kappa shape index (κ1) is 18.1. The number of carbonyl (C=O) groups is 2. The van der Waals surface area contributed by atoms with Crippen molar-refractivity contribution in [2.24, 2.45) is 5.92 Å². The summed E-state index contributed by atoms with van der Waals surface area (Å²) in [5.41, 5.74) is 0. The van der Waals surface area contributed by atoms with E-state index in [0.29, 0.717) is 18.1 Å². The molecule has 1 rings (SSSR count).